The molecule has 1 aliphatic rings. The highest BCUT2D eigenvalue weighted by Crippen LogP contribution is 2.41. The summed E-state index contributed by atoms with van der Waals surface area (Å²) in [4.78, 5) is 0.412. The molecule has 0 aliphatic heterocycles. The molecule has 0 atom stereocenters. The average Bonchev–Trinajstić information content (AvgIpc) is 3.24. The van der Waals surface area contributed by atoms with Crippen LogP contribution in [0.15, 0.2) is 88.7 Å². The summed E-state index contributed by atoms with van der Waals surface area (Å²) in [7, 11) is -7.74. The molecule has 0 fully saturated rings. The number of benzene rings is 4. The van der Waals surface area contributed by atoms with Gasteiger partial charge < -0.3 is 0 Å². The lowest BCUT2D eigenvalue weighted by molar-refractivity contribution is 0.582. The number of hydrogen-bond donors (Lipinski definition) is 1. The molecule has 0 unspecified atom stereocenters. The summed E-state index contributed by atoms with van der Waals surface area (Å²) in [5.74, 6) is 0. The molecule has 0 amide bonds. The van der Waals surface area contributed by atoms with E-state index in [1.807, 2.05) is 44.2 Å². The molecule has 0 saturated heterocycles. The Kier molecular flexibility index (Phi) is 5.85. The fourth-order valence-electron chi connectivity index (χ4n) is 5.43. The fraction of sp³-hybridized carbons (Fsp3) is 0.200. The Balaban J connectivity index is 1.63. The molecule has 1 aliphatic carbocycles. The van der Waals surface area contributed by atoms with E-state index in [-0.39, 0.29) is 9.79 Å². The van der Waals surface area contributed by atoms with E-state index in [4.69, 9.17) is 0 Å². The lowest BCUT2D eigenvalue weighted by Crippen LogP contribution is -2.18. The molecule has 8 heteroatoms. The van der Waals surface area contributed by atoms with E-state index in [1.54, 1.807) is 48.5 Å². The summed E-state index contributed by atoms with van der Waals surface area (Å²) >= 11 is 0. The van der Waals surface area contributed by atoms with E-state index in [1.165, 1.54) is 3.97 Å². The van der Waals surface area contributed by atoms with Crippen LogP contribution < -0.4 is 4.72 Å². The van der Waals surface area contributed by atoms with Crippen LogP contribution in [-0.4, -0.2) is 20.8 Å². The van der Waals surface area contributed by atoms with Crippen LogP contribution in [0.4, 0.5) is 5.69 Å². The molecule has 1 heterocycles. The lowest BCUT2D eigenvalue weighted by atomic mass is 9.94. The van der Waals surface area contributed by atoms with Crippen LogP contribution in [0.25, 0.3) is 21.7 Å². The largest absolute Gasteiger partial charge is 0.279 e. The van der Waals surface area contributed by atoms with Gasteiger partial charge in [-0.15, -0.1) is 0 Å². The van der Waals surface area contributed by atoms with Crippen molar-refractivity contribution >= 4 is 47.4 Å². The first kappa shape index (κ1) is 24.7. The molecule has 1 N–H and O–H groups in total. The number of fused-ring (bicyclic) bond motifs is 5. The van der Waals surface area contributed by atoms with Crippen LogP contribution in [0, 0.1) is 13.8 Å². The van der Waals surface area contributed by atoms with Gasteiger partial charge in [0, 0.05) is 21.9 Å². The minimum atomic E-state index is -3.89. The zero-order valence-electron chi connectivity index (χ0n) is 21.2. The maximum Gasteiger partial charge on any atom is 0.268 e. The smallest absolute Gasteiger partial charge is 0.268 e. The van der Waals surface area contributed by atoms with Crippen molar-refractivity contribution in [3.8, 4) is 0 Å². The first-order chi connectivity index (χ1) is 18.2. The van der Waals surface area contributed by atoms with Crippen LogP contribution in [-0.2, 0) is 32.9 Å². The van der Waals surface area contributed by atoms with Gasteiger partial charge >= 0.3 is 0 Å². The summed E-state index contributed by atoms with van der Waals surface area (Å²) in [6.07, 6.45) is 3.24. The number of rotatable bonds is 5. The summed E-state index contributed by atoms with van der Waals surface area (Å²) in [5, 5.41) is 2.11. The van der Waals surface area contributed by atoms with Gasteiger partial charge in [0.15, 0.2) is 0 Å². The van der Waals surface area contributed by atoms with Gasteiger partial charge in [-0.2, -0.15) is 0 Å². The Morgan fingerprint density at radius 1 is 0.684 bits per heavy atom. The summed E-state index contributed by atoms with van der Waals surface area (Å²) in [6, 6.07) is 22.8. The molecule has 0 radical (unpaired) electrons. The van der Waals surface area contributed by atoms with Crippen LogP contribution >= 0.6 is 0 Å². The van der Waals surface area contributed by atoms with Crippen LogP contribution in [0.5, 0.6) is 0 Å². The summed E-state index contributed by atoms with van der Waals surface area (Å²) in [6.45, 7) is 3.83. The first-order valence-corrected chi connectivity index (χ1v) is 15.6. The number of anilines is 1. The molecule has 0 spiro atoms. The van der Waals surface area contributed by atoms with Crippen LogP contribution in [0.3, 0.4) is 0 Å². The summed E-state index contributed by atoms with van der Waals surface area (Å²) < 4.78 is 59.2. The number of nitrogens with zero attached hydrogens (tertiary/aromatic N) is 1. The van der Waals surface area contributed by atoms with E-state index in [2.05, 4.69) is 4.72 Å². The zero-order chi connectivity index (χ0) is 26.7. The van der Waals surface area contributed by atoms with Gasteiger partial charge in [0.1, 0.15) is 0 Å². The van der Waals surface area contributed by atoms with Gasteiger partial charge in [0.2, 0.25) is 0 Å². The monoisotopic (exact) mass is 544 g/mol. The summed E-state index contributed by atoms with van der Waals surface area (Å²) in [5.41, 5.74) is 4.76. The van der Waals surface area contributed by atoms with Crippen molar-refractivity contribution in [1.82, 2.24) is 3.97 Å². The molecule has 5 aromatic rings. The number of hydrogen-bond acceptors (Lipinski definition) is 4. The second-order valence-electron chi connectivity index (χ2n) is 10.00. The highest BCUT2D eigenvalue weighted by Gasteiger charge is 2.30. The molecule has 194 valence electrons. The van der Waals surface area contributed by atoms with Crippen molar-refractivity contribution in [2.24, 2.45) is 0 Å². The van der Waals surface area contributed by atoms with E-state index >= 15 is 0 Å². The number of aryl methyl sites for hydroxylation is 3. The van der Waals surface area contributed by atoms with E-state index in [0.717, 1.165) is 47.0 Å². The van der Waals surface area contributed by atoms with Gasteiger partial charge in [-0.1, -0.05) is 59.7 Å². The Morgan fingerprint density at radius 3 is 1.92 bits per heavy atom. The minimum Gasteiger partial charge on any atom is -0.279 e. The highest BCUT2D eigenvalue weighted by atomic mass is 32.2. The lowest BCUT2D eigenvalue weighted by Gasteiger charge is -2.17. The van der Waals surface area contributed by atoms with E-state index in [0.29, 0.717) is 28.4 Å². The third kappa shape index (κ3) is 3.99. The number of nitrogens with one attached hydrogen (secondary N) is 1. The maximum absolute atomic E-state index is 14.1. The second-order valence-corrected chi connectivity index (χ2v) is 13.5. The van der Waals surface area contributed by atoms with Crippen molar-refractivity contribution in [3.63, 3.8) is 0 Å². The van der Waals surface area contributed by atoms with Gasteiger partial charge in [-0.05, 0) is 75.4 Å². The van der Waals surface area contributed by atoms with Crippen molar-refractivity contribution < 1.29 is 16.8 Å². The third-order valence-corrected chi connectivity index (χ3v) is 10.5. The van der Waals surface area contributed by atoms with Gasteiger partial charge in [-0.25, -0.2) is 20.8 Å². The van der Waals surface area contributed by atoms with E-state index < -0.39 is 20.0 Å². The van der Waals surface area contributed by atoms with E-state index in [9.17, 15) is 16.8 Å². The topological polar surface area (TPSA) is 85.2 Å². The van der Waals surface area contributed by atoms with Crippen molar-refractivity contribution in [1.29, 1.82) is 0 Å². The Hall–Kier alpha value is -3.62. The quantitative estimate of drug-likeness (QED) is 0.280. The minimum absolute atomic E-state index is 0.175. The van der Waals surface area contributed by atoms with Crippen LogP contribution in [0.2, 0.25) is 0 Å². The highest BCUT2D eigenvalue weighted by molar-refractivity contribution is 7.92. The second kappa shape index (κ2) is 8.99. The molecule has 4 aromatic carbocycles. The Bertz CT molecular complexity index is 1920. The van der Waals surface area contributed by atoms with Gasteiger partial charge in [0.05, 0.1) is 21.0 Å². The predicted molar refractivity (Wildman–Crippen MR) is 152 cm³/mol. The molecule has 6 nitrogen and oxygen atoms in total. The molecular formula is C30H28N2O4S2. The normalized spacial score (nSPS) is 14.1. The fourth-order valence-corrected chi connectivity index (χ4v) is 8.12. The Morgan fingerprint density at radius 2 is 1.26 bits per heavy atom. The van der Waals surface area contributed by atoms with Crippen molar-refractivity contribution in [3.05, 3.63) is 101 Å². The van der Waals surface area contributed by atoms with Gasteiger partial charge in [0.25, 0.3) is 20.0 Å². The van der Waals surface area contributed by atoms with Crippen molar-refractivity contribution in [2.45, 2.75) is 49.3 Å². The van der Waals surface area contributed by atoms with Gasteiger partial charge in [-0.3, -0.25) is 4.72 Å². The average molecular weight is 545 g/mol. The number of sulfonamides is 1. The molecular weight excluding hydrogens is 516 g/mol. The molecule has 0 saturated carbocycles. The zero-order valence-corrected chi connectivity index (χ0v) is 22.9. The molecule has 38 heavy (non-hydrogen) atoms. The predicted octanol–water partition coefficient (Wildman–Crippen LogP) is 6.33. The molecule has 0 bridgehead atoms. The van der Waals surface area contributed by atoms with Crippen LogP contribution in [0.1, 0.15) is 35.2 Å². The Labute approximate surface area is 223 Å². The van der Waals surface area contributed by atoms with Crippen molar-refractivity contribution in [2.75, 3.05) is 4.72 Å². The first-order valence-electron chi connectivity index (χ1n) is 12.7. The molecule has 6 rings (SSSR count). The SMILES string of the molecule is Cc1ccc(S(=O)(=O)Nc2cc3c4c(n(S(=O)(=O)c5ccc(C)cc5)c3c3ccccc23)CCCC4)cc1. The molecule has 1 aromatic heterocycles. The third-order valence-electron chi connectivity index (χ3n) is 7.36. The maximum atomic E-state index is 14.1. The number of aromatic nitrogens is 1. The standard InChI is InChI=1S/C30H28N2O4S2/c1-20-11-15-22(16-12-20)37(33,34)31-28-19-27-25-8-5-6-10-29(25)32(30(27)26-9-4-3-7-24(26)28)38(35,36)23-17-13-21(2)14-18-23/h3-4,7,9,11-19,31H,5-6,8,10H2,1-2H3.